The van der Waals surface area contributed by atoms with Gasteiger partial charge in [0.05, 0.1) is 4.92 Å². The third kappa shape index (κ3) is 3.00. The number of nitro groups is 1. The van der Waals surface area contributed by atoms with Gasteiger partial charge in [0.2, 0.25) is 0 Å². The highest BCUT2D eigenvalue weighted by Gasteiger charge is 2.20. The van der Waals surface area contributed by atoms with Crippen LogP contribution in [0.25, 0.3) is 0 Å². The Morgan fingerprint density at radius 3 is 2.94 bits per heavy atom. The number of hydrogen-bond donors (Lipinski definition) is 0. The summed E-state index contributed by atoms with van der Waals surface area (Å²) in [6.45, 7) is 4.04. The summed E-state index contributed by atoms with van der Waals surface area (Å²) in [7, 11) is 0. The van der Waals surface area contributed by atoms with E-state index < -0.39 is 4.92 Å². The second-order valence-corrected chi connectivity index (χ2v) is 5.27. The van der Waals surface area contributed by atoms with Crippen molar-refractivity contribution in [1.82, 2.24) is 4.90 Å². The molecule has 0 saturated carbocycles. The van der Waals surface area contributed by atoms with Gasteiger partial charge < -0.3 is 0 Å². The number of hydrogen-bond acceptors (Lipinski definition) is 3. The Hall–Kier alpha value is -1.13. The molecule has 2 rings (SSSR count). The van der Waals surface area contributed by atoms with E-state index in [0.717, 1.165) is 18.7 Å². The van der Waals surface area contributed by atoms with Gasteiger partial charge in [-0.3, -0.25) is 15.0 Å². The minimum Gasteiger partial charge on any atom is -0.296 e. The van der Waals surface area contributed by atoms with Crippen LogP contribution in [0.1, 0.15) is 31.7 Å². The Morgan fingerprint density at radius 2 is 2.28 bits per heavy atom. The first kappa shape index (κ1) is 13.3. The summed E-state index contributed by atoms with van der Waals surface area (Å²) in [5, 5.41) is 11.0. The van der Waals surface area contributed by atoms with Crippen LogP contribution in [0.15, 0.2) is 18.2 Å². The zero-order valence-electron chi connectivity index (χ0n) is 10.4. The largest absolute Gasteiger partial charge is 0.296 e. The maximum absolute atomic E-state index is 10.8. The molecule has 4 nitrogen and oxygen atoms in total. The fourth-order valence-corrected chi connectivity index (χ4v) is 2.61. The number of nitro benzene ring substituents is 1. The lowest BCUT2D eigenvalue weighted by Gasteiger charge is -2.33. The van der Waals surface area contributed by atoms with Gasteiger partial charge in [-0.25, -0.2) is 0 Å². The molecule has 1 atom stereocenters. The van der Waals surface area contributed by atoms with E-state index >= 15 is 0 Å². The Labute approximate surface area is 112 Å². The van der Waals surface area contributed by atoms with Gasteiger partial charge in [-0.15, -0.1) is 0 Å². The Kier molecular flexibility index (Phi) is 4.19. The Bertz CT molecular complexity index is 451. The van der Waals surface area contributed by atoms with Crippen LogP contribution in [0, 0.1) is 10.1 Å². The molecule has 0 bridgehead atoms. The van der Waals surface area contributed by atoms with Crippen LogP contribution >= 0.6 is 11.6 Å². The number of rotatable bonds is 3. The van der Waals surface area contributed by atoms with E-state index in [4.69, 9.17) is 11.6 Å². The molecular formula is C13H17ClN2O2. The van der Waals surface area contributed by atoms with E-state index in [1.807, 2.05) is 6.07 Å². The van der Waals surface area contributed by atoms with Gasteiger partial charge in [0, 0.05) is 18.7 Å². The molecule has 1 heterocycles. The van der Waals surface area contributed by atoms with E-state index in [-0.39, 0.29) is 10.7 Å². The monoisotopic (exact) mass is 268 g/mol. The topological polar surface area (TPSA) is 46.4 Å². The molecule has 0 amide bonds. The van der Waals surface area contributed by atoms with Gasteiger partial charge in [0.15, 0.2) is 0 Å². The molecule has 1 aliphatic rings. The third-order valence-corrected chi connectivity index (χ3v) is 3.85. The number of halogens is 1. The molecule has 98 valence electrons. The third-order valence-electron chi connectivity index (χ3n) is 3.53. The summed E-state index contributed by atoms with van der Waals surface area (Å²) < 4.78 is 0. The highest BCUT2D eigenvalue weighted by molar-refractivity contribution is 6.32. The standard InChI is InChI=1S/C13H17ClN2O2/c1-10-4-2-3-7-15(10)9-11-5-6-12(14)13(8-11)16(17)18/h5-6,8,10H,2-4,7,9H2,1H3. The highest BCUT2D eigenvalue weighted by atomic mass is 35.5. The molecule has 1 aromatic rings. The highest BCUT2D eigenvalue weighted by Crippen LogP contribution is 2.27. The molecule has 1 fully saturated rings. The van der Waals surface area contributed by atoms with E-state index in [9.17, 15) is 10.1 Å². The molecule has 0 spiro atoms. The van der Waals surface area contributed by atoms with Gasteiger partial charge in [-0.2, -0.15) is 0 Å². The minimum absolute atomic E-state index is 0.00108. The van der Waals surface area contributed by atoms with Crippen molar-refractivity contribution in [2.24, 2.45) is 0 Å². The molecule has 0 aliphatic carbocycles. The summed E-state index contributed by atoms with van der Waals surface area (Å²) in [6, 6.07) is 5.62. The van der Waals surface area contributed by atoms with Gasteiger partial charge >= 0.3 is 0 Å². The molecule has 1 unspecified atom stereocenters. The maximum Gasteiger partial charge on any atom is 0.288 e. The molecule has 0 radical (unpaired) electrons. The molecule has 18 heavy (non-hydrogen) atoms. The predicted octanol–water partition coefficient (Wildman–Crippen LogP) is 3.62. The van der Waals surface area contributed by atoms with Crippen LogP contribution in [0.2, 0.25) is 5.02 Å². The average Bonchev–Trinajstić information content (AvgIpc) is 2.34. The summed E-state index contributed by atoms with van der Waals surface area (Å²) in [5.74, 6) is 0. The van der Waals surface area contributed by atoms with E-state index in [2.05, 4.69) is 11.8 Å². The number of nitrogens with zero attached hydrogens (tertiary/aromatic N) is 2. The summed E-state index contributed by atoms with van der Waals surface area (Å²) in [5.41, 5.74) is 0.957. The van der Waals surface area contributed by atoms with Crippen molar-refractivity contribution in [3.8, 4) is 0 Å². The quantitative estimate of drug-likeness (QED) is 0.621. The van der Waals surface area contributed by atoms with E-state index in [1.54, 1.807) is 12.1 Å². The van der Waals surface area contributed by atoms with Crippen LogP contribution in [0.3, 0.4) is 0 Å². The lowest BCUT2D eigenvalue weighted by Crippen LogP contribution is -2.36. The lowest BCUT2D eigenvalue weighted by atomic mass is 10.0. The predicted molar refractivity (Wildman–Crippen MR) is 71.8 cm³/mol. The van der Waals surface area contributed by atoms with Gasteiger partial charge in [0.1, 0.15) is 5.02 Å². The number of piperidine rings is 1. The van der Waals surface area contributed by atoms with E-state index in [0.29, 0.717) is 6.04 Å². The van der Waals surface area contributed by atoms with Gasteiger partial charge in [-0.05, 0) is 37.9 Å². The summed E-state index contributed by atoms with van der Waals surface area (Å²) >= 11 is 5.81. The normalized spacial score (nSPS) is 20.9. The van der Waals surface area contributed by atoms with Crippen LogP contribution in [-0.4, -0.2) is 22.4 Å². The van der Waals surface area contributed by atoms with Crippen molar-refractivity contribution in [2.75, 3.05) is 6.54 Å². The van der Waals surface area contributed by atoms with Crippen molar-refractivity contribution in [2.45, 2.75) is 38.8 Å². The number of likely N-dealkylation sites (tertiary alicyclic amines) is 1. The van der Waals surface area contributed by atoms with Gasteiger partial charge in [0.25, 0.3) is 5.69 Å². The molecule has 5 heteroatoms. The van der Waals surface area contributed by atoms with Crippen LogP contribution < -0.4 is 0 Å². The molecule has 0 N–H and O–H groups in total. The smallest absolute Gasteiger partial charge is 0.288 e. The Morgan fingerprint density at radius 1 is 1.50 bits per heavy atom. The summed E-state index contributed by atoms with van der Waals surface area (Å²) in [6.07, 6.45) is 3.69. The minimum atomic E-state index is -0.425. The van der Waals surface area contributed by atoms with Crippen molar-refractivity contribution in [3.63, 3.8) is 0 Å². The zero-order chi connectivity index (χ0) is 13.1. The molecule has 1 saturated heterocycles. The summed E-state index contributed by atoms with van der Waals surface area (Å²) in [4.78, 5) is 12.8. The van der Waals surface area contributed by atoms with E-state index in [1.165, 1.54) is 19.3 Å². The maximum atomic E-state index is 10.8. The lowest BCUT2D eigenvalue weighted by molar-refractivity contribution is -0.384. The van der Waals surface area contributed by atoms with Crippen LogP contribution in [0.5, 0.6) is 0 Å². The SMILES string of the molecule is CC1CCCCN1Cc1ccc(Cl)c([N+](=O)[O-])c1. The first-order valence-corrected chi connectivity index (χ1v) is 6.62. The van der Waals surface area contributed by atoms with Crippen molar-refractivity contribution >= 4 is 17.3 Å². The molecule has 0 aromatic heterocycles. The zero-order valence-corrected chi connectivity index (χ0v) is 11.2. The first-order chi connectivity index (χ1) is 8.58. The van der Waals surface area contributed by atoms with Crippen LogP contribution in [-0.2, 0) is 6.54 Å². The first-order valence-electron chi connectivity index (χ1n) is 6.25. The second-order valence-electron chi connectivity index (χ2n) is 4.86. The Balaban J connectivity index is 2.14. The average molecular weight is 269 g/mol. The van der Waals surface area contributed by atoms with Crippen molar-refractivity contribution < 1.29 is 4.92 Å². The second kappa shape index (κ2) is 5.67. The molecule has 1 aromatic carbocycles. The fourth-order valence-electron chi connectivity index (χ4n) is 2.42. The van der Waals surface area contributed by atoms with Crippen LogP contribution in [0.4, 0.5) is 5.69 Å². The van der Waals surface area contributed by atoms with Crippen molar-refractivity contribution in [1.29, 1.82) is 0 Å². The number of benzene rings is 1. The molecular weight excluding hydrogens is 252 g/mol. The fraction of sp³-hybridized carbons (Fsp3) is 0.538. The van der Waals surface area contributed by atoms with Crippen molar-refractivity contribution in [3.05, 3.63) is 38.9 Å². The molecule has 1 aliphatic heterocycles. The van der Waals surface area contributed by atoms with Gasteiger partial charge in [-0.1, -0.05) is 24.1 Å².